The fourth-order valence-corrected chi connectivity index (χ4v) is 3.75. The number of amides is 1. The fourth-order valence-electron chi connectivity index (χ4n) is 2.43. The number of carbonyl (C=O) groups is 1. The first-order valence-electron chi connectivity index (χ1n) is 8.32. The summed E-state index contributed by atoms with van der Waals surface area (Å²) >= 11 is 0. The molecule has 0 aliphatic rings. The number of carbonyl (C=O) groups excluding carboxylic acids is 1. The van der Waals surface area contributed by atoms with Crippen molar-refractivity contribution in [1.82, 2.24) is 5.32 Å². The SMILES string of the molecule is CCCCNC(=O)c1ccc(C)c(S(=O)(=O)Nc2cccc(C)c2)c1. The highest BCUT2D eigenvalue weighted by Gasteiger charge is 2.19. The smallest absolute Gasteiger partial charge is 0.262 e. The lowest BCUT2D eigenvalue weighted by Gasteiger charge is -2.12. The van der Waals surface area contributed by atoms with Crippen molar-refractivity contribution in [3.63, 3.8) is 0 Å². The molecule has 25 heavy (non-hydrogen) atoms. The summed E-state index contributed by atoms with van der Waals surface area (Å²) < 4.78 is 28.0. The van der Waals surface area contributed by atoms with Crippen LogP contribution in [0.2, 0.25) is 0 Å². The largest absolute Gasteiger partial charge is 0.352 e. The highest BCUT2D eigenvalue weighted by molar-refractivity contribution is 7.92. The van der Waals surface area contributed by atoms with Crippen LogP contribution in [0.1, 0.15) is 41.3 Å². The van der Waals surface area contributed by atoms with Crippen LogP contribution in [0.4, 0.5) is 5.69 Å². The molecule has 0 atom stereocenters. The quantitative estimate of drug-likeness (QED) is 0.740. The van der Waals surface area contributed by atoms with Gasteiger partial charge in [-0.2, -0.15) is 0 Å². The molecule has 2 aromatic rings. The van der Waals surface area contributed by atoms with E-state index < -0.39 is 10.0 Å². The van der Waals surface area contributed by atoms with Crippen molar-refractivity contribution in [3.05, 3.63) is 59.2 Å². The lowest BCUT2D eigenvalue weighted by molar-refractivity contribution is 0.0953. The van der Waals surface area contributed by atoms with Gasteiger partial charge in [-0.25, -0.2) is 8.42 Å². The topological polar surface area (TPSA) is 75.3 Å². The molecule has 0 unspecified atom stereocenters. The van der Waals surface area contributed by atoms with E-state index in [2.05, 4.69) is 10.0 Å². The van der Waals surface area contributed by atoms with Crippen LogP contribution in [0.15, 0.2) is 47.4 Å². The molecule has 0 aliphatic heterocycles. The Morgan fingerprint density at radius 1 is 1.08 bits per heavy atom. The first-order valence-corrected chi connectivity index (χ1v) is 9.80. The lowest BCUT2D eigenvalue weighted by atomic mass is 10.1. The van der Waals surface area contributed by atoms with Crippen LogP contribution in [-0.2, 0) is 10.0 Å². The summed E-state index contributed by atoms with van der Waals surface area (Å²) in [4.78, 5) is 12.3. The number of nitrogens with one attached hydrogen (secondary N) is 2. The Labute approximate surface area is 149 Å². The highest BCUT2D eigenvalue weighted by atomic mass is 32.2. The van der Waals surface area contributed by atoms with Gasteiger partial charge in [-0.3, -0.25) is 9.52 Å². The number of rotatable bonds is 7. The van der Waals surface area contributed by atoms with Gasteiger partial charge in [-0.05, 0) is 55.7 Å². The standard InChI is InChI=1S/C19H24N2O3S/c1-4-5-11-20-19(22)16-10-9-15(3)18(13-16)25(23,24)21-17-8-6-7-14(2)12-17/h6-10,12-13,21H,4-5,11H2,1-3H3,(H,20,22). The summed E-state index contributed by atoms with van der Waals surface area (Å²) in [6.45, 7) is 6.22. The normalized spacial score (nSPS) is 11.2. The number of anilines is 1. The van der Waals surface area contributed by atoms with E-state index >= 15 is 0 Å². The average Bonchev–Trinajstić information content (AvgIpc) is 2.54. The number of hydrogen-bond donors (Lipinski definition) is 2. The molecule has 2 N–H and O–H groups in total. The second kappa shape index (κ2) is 8.16. The molecule has 0 saturated heterocycles. The molecular formula is C19H24N2O3S. The van der Waals surface area contributed by atoms with Crippen LogP contribution in [0.25, 0.3) is 0 Å². The number of sulfonamides is 1. The number of hydrogen-bond acceptors (Lipinski definition) is 3. The summed E-state index contributed by atoms with van der Waals surface area (Å²) in [5, 5.41) is 2.80. The molecule has 0 spiro atoms. The van der Waals surface area contributed by atoms with E-state index in [1.807, 2.05) is 19.9 Å². The van der Waals surface area contributed by atoms with Crippen molar-refractivity contribution in [2.75, 3.05) is 11.3 Å². The van der Waals surface area contributed by atoms with Gasteiger partial charge in [0.2, 0.25) is 0 Å². The van der Waals surface area contributed by atoms with Crippen LogP contribution < -0.4 is 10.0 Å². The molecule has 0 radical (unpaired) electrons. The molecule has 2 aromatic carbocycles. The fraction of sp³-hybridized carbons (Fsp3) is 0.316. The average molecular weight is 360 g/mol. The predicted octanol–water partition coefficient (Wildman–Crippen LogP) is 3.63. The Morgan fingerprint density at radius 3 is 2.52 bits per heavy atom. The van der Waals surface area contributed by atoms with Crippen LogP contribution >= 0.6 is 0 Å². The lowest BCUT2D eigenvalue weighted by Crippen LogP contribution is -2.25. The Bertz CT molecular complexity index is 861. The van der Waals surface area contributed by atoms with Gasteiger partial charge in [0, 0.05) is 17.8 Å². The maximum absolute atomic E-state index is 12.7. The first-order chi connectivity index (χ1) is 11.8. The van der Waals surface area contributed by atoms with Gasteiger partial charge in [-0.1, -0.05) is 31.5 Å². The first kappa shape index (κ1) is 19.0. The Kier molecular flexibility index (Phi) is 6.20. The predicted molar refractivity (Wildman–Crippen MR) is 100 cm³/mol. The third-order valence-corrected chi connectivity index (χ3v) is 5.35. The van der Waals surface area contributed by atoms with Gasteiger partial charge in [0.1, 0.15) is 0 Å². The zero-order valence-corrected chi connectivity index (χ0v) is 15.6. The molecule has 0 bridgehead atoms. The van der Waals surface area contributed by atoms with Crippen molar-refractivity contribution in [1.29, 1.82) is 0 Å². The van der Waals surface area contributed by atoms with Crippen molar-refractivity contribution in [3.8, 4) is 0 Å². The van der Waals surface area contributed by atoms with Crippen LogP contribution in [0.3, 0.4) is 0 Å². The molecule has 0 aliphatic carbocycles. The van der Waals surface area contributed by atoms with E-state index in [9.17, 15) is 13.2 Å². The molecule has 5 nitrogen and oxygen atoms in total. The van der Waals surface area contributed by atoms with E-state index in [4.69, 9.17) is 0 Å². The molecule has 0 aromatic heterocycles. The van der Waals surface area contributed by atoms with Gasteiger partial charge in [0.25, 0.3) is 15.9 Å². The van der Waals surface area contributed by atoms with Gasteiger partial charge in [-0.15, -0.1) is 0 Å². The molecular weight excluding hydrogens is 336 g/mol. The number of benzene rings is 2. The second-order valence-corrected chi connectivity index (χ2v) is 7.72. The van der Waals surface area contributed by atoms with Crippen LogP contribution in [-0.4, -0.2) is 20.9 Å². The number of aryl methyl sites for hydroxylation is 2. The van der Waals surface area contributed by atoms with Crippen LogP contribution in [0.5, 0.6) is 0 Å². The zero-order valence-electron chi connectivity index (χ0n) is 14.8. The summed E-state index contributed by atoms with van der Waals surface area (Å²) in [6, 6.07) is 11.9. The molecule has 0 heterocycles. The van der Waals surface area contributed by atoms with E-state index in [1.165, 1.54) is 6.07 Å². The van der Waals surface area contributed by atoms with Crippen LogP contribution in [0, 0.1) is 13.8 Å². The minimum absolute atomic E-state index is 0.108. The third-order valence-electron chi connectivity index (χ3n) is 3.83. The van der Waals surface area contributed by atoms with Gasteiger partial charge >= 0.3 is 0 Å². The summed E-state index contributed by atoms with van der Waals surface area (Å²) in [5.41, 5.74) is 2.38. The zero-order chi connectivity index (χ0) is 18.4. The molecule has 6 heteroatoms. The molecule has 1 amide bonds. The van der Waals surface area contributed by atoms with E-state index in [0.717, 1.165) is 18.4 Å². The van der Waals surface area contributed by atoms with E-state index in [1.54, 1.807) is 37.3 Å². The summed E-state index contributed by atoms with van der Waals surface area (Å²) in [6.07, 6.45) is 1.87. The Morgan fingerprint density at radius 2 is 1.84 bits per heavy atom. The van der Waals surface area contributed by atoms with Crippen molar-refractivity contribution in [2.24, 2.45) is 0 Å². The Balaban J connectivity index is 2.27. The summed E-state index contributed by atoms with van der Waals surface area (Å²) in [5.74, 6) is -0.263. The maximum Gasteiger partial charge on any atom is 0.262 e. The molecule has 0 fully saturated rings. The number of unbranched alkanes of at least 4 members (excludes halogenated alkanes) is 1. The molecule has 0 saturated carbocycles. The van der Waals surface area contributed by atoms with Crippen molar-refractivity contribution >= 4 is 21.6 Å². The summed E-state index contributed by atoms with van der Waals surface area (Å²) in [7, 11) is -3.77. The van der Waals surface area contributed by atoms with E-state index in [0.29, 0.717) is 23.4 Å². The van der Waals surface area contributed by atoms with E-state index in [-0.39, 0.29) is 10.8 Å². The van der Waals surface area contributed by atoms with Gasteiger partial charge in [0.15, 0.2) is 0 Å². The second-order valence-electron chi connectivity index (χ2n) is 6.06. The Hall–Kier alpha value is -2.34. The molecule has 2 rings (SSSR count). The monoisotopic (exact) mass is 360 g/mol. The van der Waals surface area contributed by atoms with Crippen molar-refractivity contribution < 1.29 is 13.2 Å². The third kappa shape index (κ3) is 5.06. The maximum atomic E-state index is 12.7. The molecule has 134 valence electrons. The van der Waals surface area contributed by atoms with Gasteiger partial charge < -0.3 is 5.32 Å². The minimum atomic E-state index is -3.77. The highest BCUT2D eigenvalue weighted by Crippen LogP contribution is 2.21. The van der Waals surface area contributed by atoms with Gasteiger partial charge in [0.05, 0.1) is 4.90 Å². The van der Waals surface area contributed by atoms with Crippen molar-refractivity contribution in [2.45, 2.75) is 38.5 Å². The minimum Gasteiger partial charge on any atom is -0.352 e.